The molecular formula is C31H41N3O5S. The van der Waals surface area contributed by atoms with Crippen LogP contribution in [0.3, 0.4) is 0 Å². The molecule has 8 nitrogen and oxygen atoms in total. The third-order valence-electron chi connectivity index (χ3n) is 6.73. The summed E-state index contributed by atoms with van der Waals surface area (Å²) in [6.45, 7) is 8.00. The van der Waals surface area contributed by atoms with Gasteiger partial charge in [0.1, 0.15) is 11.5 Å². The number of benzene rings is 3. The van der Waals surface area contributed by atoms with Crippen molar-refractivity contribution in [2.75, 3.05) is 32.1 Å². The van der Waals surface area contributed by atoms with E-state index in [0.29, 0.717) is 5.75 Å². The Kier molecular flexibility index (Phi) is 10.7. The number of hydrogen-bond donors (Lipinski definition) is 3. The molecule has 0 spiro atoms. The quantitative estimate of drug-likeness (QED) is 0.248. The Morgan fingerprint density at radius 1 is 0.975 bits per heavy atom. The van der Waals surface area contributed by atoms with E-state index in [9.17, 15) is 18.3 Å². The van der Waals surface area contributed by atoms with Gasteiger partial charge in [0.15, 0.2) is 0 Å². The van der Waals surface area contributed by atoms with Crippen LogP contribution in [0.1, 0.15) is 37.0 Å². The van der Waals surface area contributed by atoms with Crippen LogP contribution in [-0.4, -0.2) is 56.2 Å². The van der Waals surface area contributed by atoms with Gasteiger partial charge in [-0.3, -0.25) is 4.79 Å². The summed E-state index contributed by atoms with van der Waals surface area (Å²) in [6, 6.07) is 21.3. The molecule has 3 N–H and O–H groups in total. The molecule has 0 aliphatic heterocycles. The van der Waals surface area contributed by atoms with E-state index in [2.05, 4.69) is 10.6 Å². The zero-order valence-electron chi connectivity index (χ0n) is 24.0. The minimum atomic E-state index is -4.10. The summed E-state index contributed by atoms with van der Waals surface area (Å²) in [5.41, 5.74) is 1.98. The van der Waals surface area contributed by atoms with Crippen molar-refractivity contribution in [2.45, 2.75) is 51.2 Å². The lowest BCUT2D eigenvalue weighted by Crippen LogP contribution is -2.56. The highest BCUT2D eigenvalue weighted by molar-refractivity contribution is 7.89. The van der Waals surface area contributed by atoms with E-state index in [1.54, 1.807) is 12.1 Å². The molecule has 1 unspecified atom stereocenters. The zero-order chi connectivity index (χ0) is 29.3. The van der Waals surface area contributed by atoms with Crippen LogP contribution in [-0.2, 0) is 21.2 Å². The molecule has 0 radical (unpaired) electrons. The highest BCUT2D eigenvalue weighted by Crippen LogP contribution is 2.31. The molecule has 9 heteroatoms. The van der Waals surface area contributed by atoms with E-state index in [0.717, 1.165) is 22.4 Å². The van der Waals surface area contributed by atoms with Crippen molar-refractivity contribution < 1.29 is 23.1 Å². The van der Waals surface area contributed by atoms with Gasteiger partial charge in [0.05, 0.1) is 18.6 Å². The van der Waals surface area contributed by atoms with Crippen molar-refractivity contribution in [1.82, 2.24) is 9.62 Å². The van der Waals surface area contributed by atoms with Gasteiger partial charge in [-0.05, 0) is 60.7 Å². The van der Waals surface area contributed by atoms with Gasteiger partial charge in [-0.25, -0.2) is 8.42 Å². The van der Waals surface area contributed by atoms with Crippen LogP contribution in [0.25, 0.3) is 0 Å². The minimum Gasteiger partial charge on any atom is -0.497 e. The van der Waals surface area contributed by atoms with Crippen molar-refractivity contribution in [3.8, 4) is 5.75 Å². The Balaban J connectivity index is 1.84. The van der Waals surface area contributed by atoms with Gasteiger partial charge in [-0.1, -0.05) is 62.4 Å². The summed E-state index contributed by atoms with van der Waals surface area (Å²) >= 11 is 0. The molecule has 0 bridgehead atoms. The van der Waals surface area contributed by atoms with Gasteiger partial charge < -0.3 is 20.5 Å². The number of aliphatic hydroxyl groups is 1. The number of aryl methyl sites for hydroxylation is 2. The SMILES string of the molecule is COc1ccc(S(=O)(=O)N(CC(C)C)C(O)(CCNC(=O)CNc2c(C)cccc2C)Cc2ccccc2)cc1. The molecule has 0 saturated carbocycles. The number of hydrogen-bond acceptors (Lipinski definition) is 6. The standard InChI is InChI=1S/C31H41N3O5S/c1-23(2)22-34(40(37,38)28-16-14-27(39-5)15-17-28)31(36,20-26-12-7-6-8-13-26)18-19-32-29(35)21-33-30-24(3)10-9-11-25(30)4/h6-17,23,33,36H,18-22H2,1-5H3,(H,32,35). The Morgan fingerprint density at radius 3 is 2.17 bits per heavy atom. The summed E-state index contributed by atoms with van der Waals surface area (Å²) in [5.74, 6) is 0.218. The number of rotatable bonds is 14. The number of para-hydroxylation sites is 1. The summed E-state index contributed by atoms with van der Waals surface area (Å²) < 4.78 is 34.3. The van der Waals surface area contributed by atoms with Gasteiger partial charge >= 0.3 is 0 Å². The van der Waals surface area contributed by atoms with E-state index < -0.39 is 15.7 Å². The van der Waals surface area contributed by atoms with Crippen molar-refractivity contribution in [2.24, 2.45) is 5.92 Å². The third-order valence-corrected chi connectivity index (χ3v) is 8.66. The average molecular weight is 568 g/mol. The molecule has 0 saturated heterocycles. The van der Waals surface area contributed by atoms with E-state index in [-0.39, 0.29) is 49.2 Å². The first kappa shape index (κ1) is 31.1. The lowest BCUT2D eigenvalue weighted by molar-refractivity contribution is -0.120. The first-order chi connectivity index (χ1) is 19.0. The molecule has 3 aromatic rings. The van der Waals surface area contributed by atoms with Gasteiger partial charge in [0.25, 0.3) is 0 Å². The molecule has 1 atom stereocenters. The second kappa shape index (κ2) is 13.8. The molecule has 40 heavy (non-hydrogen) atoms. The maximum atomic E-state index is 14.0. The fourth-order valence-corrected chi connectivity index (χ4v) is 6.48. The second-order valence-electron chi connectivity index (χ2n) is 10.5. The van der Waals surface area contributed by atoms with Gasteiger partial charge in [-0.2, -0.15) is 4.31 Å². The van der Waals surface area contributed by atoms with Crippen molar-refractivity contribution in [1.29, 1.82) is 0 Å². The fraction of sp³-hybridized carbons (Fsp3) is 0.387. The molecular weight excluding hydrogens is 526 g/mol. The molecule has 0 fully saturated rings. The first-order valence-corrected chi connectivity index (χ1v) is 14.9. The monoisotopic (exact) mass is 567 g/mol. The molecule has 1 amide bonds. The number of carbonyl (C=O) groups excluding carboxylic acids is 1. The molecule has 0 aromatic heterocycles. The Bertz CT molecular complexity index is 1340. The predicted molar refractivity (Wildman–Crippen MR) is 159 cm³/mol. The number of sulfonamides is 1. The number of methoxy groups -OCH3 is 1. The molecule has 0 aliphatic carbocycles. The highest BCUT2D eigenvalue weighted by atomic mass is 32.2. The van der Waals surface area contributed by atoms with E-state index in [1.165, 1.54) is 23.5 Å². The van der Waals surface area contributed by atoms with Crippen LogP contribution in [0.4, 0.5) is 5.69 Å². The fourth-order valence-electron chi connectivity index (χ4n) is 4.65. The number of ether oxygens (including phenoxy) is 1. The molecule has 3 aromatic carbocycles. The smallest absolute Gasteiger partial charge is 0.245 e. The van der Waals surface area contributed by atoms with Gasteiger partial charge in [-0.15, -0.1) is 0 Å². The van der Waals surface area contributed by atoms with Crippen molar-refractivity contribution >= 4 is 21.6 Å². The minimum absolute atomic E-state index is 0.000862. The van der Waals surface area contributed by atoms with Crippen molar-refractivity contribution in [3.63, 3.8) is 0 Å². The summed E-state index contributed by atoms with van der Waals surface area (Å²) in [5, 5.41) is 18.1. The van der Waals surface area contributed by atoms with E-state index in [4.69, 9.17) is 4.74 Å². The normalized spacial score (nSPS) is 13.2. The van der Waals surface area contributed by atoms with Gasteiger partial charge in [0, 0.05) is 31.6 Å². The topological polar surface area (TPSA) is 108 Å². The second-order valence-corrected chi connectivity index (χ2v) is 12.3. The maximum absolute atomic E-state index is 14.0. The molecule has 0 aliphatic rings. The van der Waals surface area contributed by atoms with E-state index >= 15 is 0 Å². The number of carbonyl (C=O) groups is 1. The largest absolute Gasteiger partial charge is 0.497 e. The molecule has 216 valence electrons. The maximum Gasteiger partial charge on any atom is 0.245 e. The first-order valence-electron chi connectivity index (χ1n) is 13.5. The Morgan fingerprint density at radius 2 is 1.60 bits per heavy atom. The Hall–Kier alpha value is -3.40. The Labute approximate surface area is 238 Å². The molecule has 0 heterocycles. The zero-order valence-corrected chi connectivity index (χ0v) is 24.8. The summed E-state index contributed by atoms with van der Waals surface area (Å²) in [7, 11) is -2.59. The van der Waals surface area contributed by atoms with Crippen molar-refractivity contribution in [3.05, 3.63) is 89.5 Å². The number of nitrogens with zero attached hydrogens (tertiary/aromatic N) is 1. The van der Waals surface area contributed by atoms with Crippen LogP contribution in [0.5, 0.6) is 5.75 Å². The van der Waals surface area contributed by atoms with Crippen LogP contribution >= 0.6 is 0 Å². The van der Waals surface area contributed by atoms with Gasteiger partial charge in [0.2, 0.25) is 15.9 Å². The van der Waals surface area contributed by atoms with Crippen LogP contribution in [0.15, 0.2) is 77.7 Å². The number of amides is 1. The van der Waals surface area contributed by atoms with Crippen LogP contribution in [0.2, 0.25) is 0 Å². The van der Waals surface area contributed by atoms with Crippen LogP contribution < -0.4 is 15.4 Å². The molecule has 3 rings (SSSR count). The third kappa shape index (κ3) is 8.06. The number of anilines is 1. The summed E-state index contributed by atoms with van der Waals surface area (Å²) in [6.07, 6.45) is 0.0611. The highest BCUT2D eigenvalue weighted by Gasteiger charge is 2.43. The predicted octanol–water partition coefficient (Wildman–Crippen LogP) is 4.51. The summed E-state index contributed by atoms with van der Waals surface area (Å²) in [4.78, 5) is 12.8. The number of nitrogens with one attached hydrogen (secondary N) is 2. The van der Waals surface area contributed by atoms with Crippen LogP contribution in [0, 0.1) is 19.8 Å². The lowest BCUT2D eigenvalue weighted by atomic mass is 9.98. The average Bonchev–Trinajstić information content (AvgIpc) is 2.92. The lowest BCUT2D eigenvalue weighted by Gasteiger charge is -2.40. The van der Waals surface area contributed by atoms with E-state index in [1.807, 2.05) is 76.2 Å².